The topological polar surface area (TPSA) is 114 Å². The van der Waals surface area contributed by atoms with Crippen molar-refractivity contribution in [2.24, 2.45) is 5.10 Å². The molecule has 0 fully saturated rings. The Hall–Kier alpha value is -2.95. The summed E-state index contributed by atoms with van der Waals surface area (Å²) in [5, 5.41) is 17.9. The molecule has 11 heteroatoms. The lowest BCUT2D eigenvalue weighted by Crippen LogP contribution is -2.13. The second kappa shape index (κ2) is 8.60. The number of nitro benzene ring substituents is 1. The number of nitrogens with zero attached hydrogens (tertiary/aromatic N) is 2. The summed E-state index contributed by atoms with van der Waals surface area (Å²) in [5.74, 6) is 0. The van der Waals surface area contributed by atoms with Crippen molar-refractivity contribution in [3.63, 3.8) is 0 Å². The van der Waals surface area contributed by atoms with E-state index >= 15 is 0 Å². The van der Waals surface area contributed by atoms with Gasteiger partial charge in [-0.2, -0.15) is 5.10 Å². The smallest absolute Gasteiger partial charge is 0.280 e. The van der Waals surface area contributed by atoms with Crippen LogP contribution in [-0.2, 0) is 10.0 Å². The molecule has 0 saturated carbocycles. The zero-order valence-electron chi connectivity index (χ0n) is 15.0. The summed E-state index contributed by atoms with van der Waals surface area (Å²) in [6, 6.07) is 13.4. The number of thiophene rings is 1. The van der Waals surface area contributed by atoms with Gasteiger partial charge in [0.15, 0.2) is 0 Å². The van der Waals surface area contributed by atoms with Crippen LogP contribution in [0.1, 0.15) is 11.8 Å². The highest BCUT2D eigenvalue weighted by Gasteiger charge is 2.22. The summed E-state index contributed by atoms with van der Waals surface area (Å²) in [6.07, 6.45) is 0. The van der Waals surface area contributed by atoms with Crippen LogP contribution in [0.3, 0.4) is 0 Å². The molecule has 150 valence electrons. The molecule has 0 atom stereocenters. The number of hydrogen-bond acceptors (Lipinski definition) is 7. The number of nitro groups is 1. The van der Waals surface area contributed by atoms with Crippen LogP contribution in [0.25, 0.3) is 0 Å². The Morgan fingerprint density at radius 1 is 1.17 bits per heavy atom. The lowest BCUT2D eigenvalue weighted by Gasteiger charge is -2.10. The summed E-state index contributed by atoms with van der Waals surface area (Å²) < 4.78 is 27.5. The average Bonchev–Trinajstić information content (AvgIpc) is 3.20. The molecular formula is C18H15ClN4O4S2. The highest BCUT2D eigenvalue weighted by atomic mass is 35.5. The van der Waals surface area contributed by atoms with Crippen molar-refractivity contribution in [2.75, 3.05) is 10.1 Å². The average molecular weight is 451 g/mol. The Morgan fingerprint density at radius 2 is 1.97 bits per heavy atom. The molecular weight excluding hydrogens is 436 g/mol. The number of anilines is 2. The maximum absolute atomic E-state index is 12.6. The number of hydrogen-bond donors (Lipinski definition) is 2. The van der Waals surface area contributed by atoms with Gasteiger partial charge in [0.2, 0.25) is 0 Å². The van der Waals surface area contributed by atoms with Crippen LogP contribution < -0.4 is 10.1 Å². The zero-order chi connectivity index (χ0) is 21.0. The summed E-state index contributed by atoms with van der Waals surface area (Å²) in [6.45, 7) is 1.76. The lowest BCUT2D eigenvalue weighted by molar-refractivity contribution is -0.384. The first kappa shape index (κ1) is 20.8. The van der Waals surface area contributed by atoms with Gasteiger partial charge in [0.25, 0.3) is 15.7 Å². The van der Waals surface area contributed by atoms with Crippen LogP contribution in [0.4, 0.5) is 17.1 Å². The molecule has 0 aliphatic rings. The highest BCUT2D eigenvalue weighted by Crippen LogP contribution is 2.29. The molecule has 3 aromatic rings. The fraction of sp³-hybridized carbons (Fsp3) is 0.0556. The maximum Gasteiger partial charge on any atom is 0.295 e. The van der Waals surface area contributed by atoms with E-state index in [1.54, 1.807) is 19.1 Å². The first-order chi connectivity index (χ1) is 13.8. The third kappa shape index (κ3) is 5.11. The van der Waals surface area contributed by atoms with Crippen molar-refractivity contribution in [3.05, 3.63) is 80.0 Å². The van der Waals surface area contributed by atoms with E-state index in [0.29, 0.717) is 10.7 Å². The molecule has 0 radical (unpaired) electrons. The number of hydrazone groups is 1. The minimum absolute atomic E-state index is 0.0765. The van der Waals surface area contributed by atoms with Crippen LogP contribution in [-0.4, -0.2) is 19.1 Å². The molecule has 0 unspecified atom stereocenters. The molecule has 2 aromatic carbocycles. The predicted octanol–water partition coefficient (Wildman–Crippen LogP) is 4.95. The zero-order valence-corrected chi connectivity index (χ0v) is 17.4. The normalized spacial score (nSPS) is 11.9. The maximum atomic E-state index is 12.6. The molecule has 0 aliphatic carbocycles. The third-order valence-corrected chi connectivity index (χ3v) is 6.37. The van der Waals surface area contributed by atoms with Crippen molar-refractivity contribution in [2.45, 2.75) is 11.8 Å². The van der Waals surface area contributed by atoms with E-state index in [2.05, 4.69) is 15.2 Å². The van der Waals surface area contributed by atoms with Gasteiger partial charge in [0, 0.05) is 16.0 Å². The Bertz CT molecular complexity index is 1180. The number of rotatable bonds is 7. The monoisotopic (exact) mass is 450 g/mol. The van der Waals surface area contributed by atoms with E-state index in [1.807, 2.05) is 17.5 Å². The summed E-state index contributed by atoms with van der Waals surface area (Å²) in [7, 11) is -4.04. The Morgan fingerprint density at radius 3 is 2.62 bits per heavy atom. The van der Waals surface area contributed by atoms with E-state index in [4.69, 9.17) is 11.6 Å². The Labute approximate surface area is 176 Å². The predicted molar refractivity (Wildman–Crippen MR) is 116 cm³/mol. The minimum atomic E-state index is -4.04. The van der Waals surface area contributed by atoms with Crippen LogP contribution in [0.2, 0.25) is 5.02 Å². The van der Waals surface area contributed by atoms with Gasteiger partial charge < -0.3 is 0 Å². The molecule has 2 N–H and O–H groups in total. The second-order valence-corrected chi connectivity index (χ2v) is 8.90. The molecule has 1 heterocycles. The van der Waals surface area contributed by atoms with Gasteiger partial charge >= 0.3 is 0 Å². The molecule has 0 spiro atoms. The van der Waals surface area contributed by atoms with Crippen LogP contribution in [0.5, 0.6) is 0 Å². The van der Waals surface area contributed by atoms with Crippen LogP contribution >= 0.6 is 22.9 Å². The number of nitrogens with one attached hydrogen (secondary N) is 2. The van der Waals surface area contributed by atoms with Gasteiger partial charge in [-0.3, -0.25) is 20.3 Å². The second-order valence-electron chi connectivity index (χ2n) is 5.84. The van der Waals surface area contributed by atoms with E-state index in [1.165, 1.54) is 35.6 Å². The van der Waals surface area contributed by atoms with E-state index in [-0.39, 0.29) is 16.3 Å². The van der Waals surface area contributed by atoms with E-state index in [9.17, 15) is 18.5 Å². The van der Waals surface area contributed by atoms with Gasteiger partial charge in [-0.25, -0.2) is 8.42 Å². The molecule has 3 rings (SSSR count). The highest BCUT2D eigenvalue weighted by molar-refractivity contribution is 7.92. The number of benzene rings is 2. The van der Waals surface area contributed by atoms with Crippen molar-refractivity contribution in [1.29, 1.82) is 0 Å². The SMILES string of the molecule is C/C(=N\Nc1ccc(S(=O)(=O)Nc2cccc(Cl)c2)cc1[N+](=O)[O-])c1cccs1. The number of halogens is 1. The van der Waals surface area contributed by atoms with Gasteiger partial charge in [-0.15, -0.1) is 11.3 Å². The third-order valence-electron chi connectivity index (χ3n) is 3.77. The van der Waals surface area contributed by atoms with Crippen molar-refractivity contribution in [1.82, 2.24) is 0 Å². The molecule has 29 heavy (non-hydrogen) atoms. The first-order valence-electron chi connectivity index (χ1n) is 8.17. The molecule has 0 aliphatic heterocycles. The van der Waals surface area contributed by atoms with Crippen molar-refractivity contribution >= 4 is 55.7 Å². The molecule has 8 nitrogen and oxygen atoms in total. The Kier molecular flexibility index (Phi) is 6.16. The van der Waals surface area contributed by atoms with Gasteiger partial charge in [0.1, 0.15) is 5.69 Å². The Balaban J connectivity index is 1.89. The van der Waals surface area contributed by atoms with Gasteiger partial charge in [0.05, 0.1) is 21.2 Å². The quantitative estimate of drug-likeness (QED) is 0.300. The van der Waals surface area contributed by atoms with Crippen molar-refractivity contribution < 1.29 is 13.3 Å². The molecule has 0 bridgehead atoms. The van der Waals surface area contributed by atoms with Crippen LogP contribution in [0.15, 0.2) is 70.0 Å². The fourth-order valence-corrected chi connectivity index (χ4v) is 4.31. The van der Waals surface area contributed by atoms with Gasteiger partial charge in [-0.1, -0.05) is 23.7 Å². The molecule has 0 amide bonds. The largest absolute Gasteiger partial charge is 0.295 e. The summed E-state index contributed by atoms with van der Waals surface area (Å²) in [5.41, 5.74) is 3.20. The molecule has 0 saturated heterocycles. The van der Waals surface area contributed by atoms with Gasteiger partial charge in [-0.05, 0) is 48.7 Å². The molecule has 1 aromatic heterocycles. The minimum Gasteiger partial charge on any atom is -0.280 e. The lowest BCUT2D eigenvalue weighted by atomic mass is 10.3. The summed E-state index contributed by atoms with van der Waals surface area (Å²) >= 11 is 7.34. The van der Waals surface area contributed by atoms with E-state index in [0.717, 1.165) is 10.9 Å². The van der Waals surface area contributed by atoms with Crippen LogP contribution in [0, 0.1) is 10.1 Å². The summed E-state index contributed by atoms with van der Waals surface area (Å²) in [4.78, 5) is 11.4. The standard InChI is InChI=1S/C18H15ClN4O4S2/c1-12(18-6-3-9-28-18)20-21-16-8-7-15(11-17(16)23(24)25)29(26,27)22-14-5-2-4-13(19)10-14/h2-11,21-22H,1H3/b20-12+. The first-order valence-corrected chi connectivity index (χ1v) is 10.9. The van der Waals surface area contributed by atoms with E-state index < -0.39 is 20.6 Å². The van der Waals surface area contributed by atoms with Crippen molar-refractivity contribution in [3.8, 4) is 0 Å². The fourth-order valence-electron chi connectivity index (χ4n) is 2.37. The number of sulfonamides is 1.